The van der Waals surface area contributed by atoms with Gasteiger partial charge in [-0.25, -0.2) is 0 Å². The fourth-order valence-corrected chi connectivity index (χ4v) is 2.79. The molecule has 6 heteroatoms. The smallest absolute Gasteiger partial charge is 0.313 e. The molecule has 0 saturated carbocycles. The zero-order valence-electron chi connectivity index (χ0n) is 7.49. The number of carboxylic acids is 1. The Morgan fingerprint density at radius 2 is 2.50 bits per heavy atom. The van der Waals surface area contributed by atoms with Crippen molar-refractivity contribution in [1.29, 1.82) is 0 Å². The minimum Gasteiger partial charge on any atom is -0.486 e. The van der Waals surface area contributed by atoms with Crippen molar-refractivity contribution in [3.8, 4) is 5.06 Å². The quantitative estimate of drug-likeness (QED) is 0.879. The maximum atomic E-state index is 10.8. The Morgan fingerprint density at radius 1 is 1.86 bits per heavy atom. The van der Waals surface area contributed by atoms with E-state index in [2.05, 4.69) is 15.9 Å². The molecule has 1 rings (SSSR count). The Balaban J connectivity index is 2.99. The van der Waals surface area contributed by atoms with E-state index in [1.165, 1.54) is 11.3 Å². The summed E-state index contributed by atoms with van der Waals surface area (Å²) in [6.45, 7) is 0.0887. The summed E-state index contributed by atoms with van der Waals surface area (Å²) in [6, 6.07) is 1.73. The van der Waals surface area contributed by atoms with E-state index in [0.717, 1.165) is 4.47 Å². The molecular weight excluding hydrogens is 270 g/mol. The Bertz CT molecular complexity index is 339. The van der Waals surface area contributed by atoms with Crippen LogP contribution >= 0.6 is 27.3 Å². The third-order valence-corrected chi connectivity index (χ3v) is 3.80. The molecule has 0 aliphatic heterocycles. The predicted molar refractivity (Wildman–Crippen MR) is 58.0 cm³/mol. The summed E-state index contributed by atoms with van der Waals surface area (Å²) >= 11 is 4.57. The van der Waals surface area contributed by atoms with Gasteiger partial charge in [-0.15, -0.1) is 11.3 Å². The van der Waals surface area contributed by atoms with E-state index >= 15 is 0 Å². The van der Waals surface area contributed by atoms with Gasteiger partial charge in [0.05, 0.1) is 11.6 Å². The highest BCUT2D eigenvalue weighted by Gasteiger charge is 2.21. The molecule has 0 aliphatic carbocycles. The van der Waals surface area contributed by atoms with Crippen LogP contribution in [0.25, 0.3) is 0 Å². The first-order chi connectivity index (χ1) is 6.60. The number of aliphatic carboxylic acids is 1. The summed E-state index contributed by atoms with van der Waals surface area (Å²) in [5.41, 5.74) is 5.38. The van der Waals surface area contributed by atoms with Gasteiger partial charge in [-0.3, -0.25) is 4.79 Å². The lowest BCUT2D eigenvalue weighted by Gasteiger charge is -2.05. The van der Waals surface area contributed by atoms with Crippen LogP contribution in [0.15, 0.2) is 10.5 Å². The molecule has 0 aromatic carbocycles. The zero-order chi connectivity index (χ0) is 10.7. The Hall–Kier alpha value is -0.590. The second-order valence-electron chi connectivity index (χ2n) is 2.61. The molecule has 3 N–H and O–H groups in total. The van der Waals surface area contributed by atoms with Crippen LogP contribution < -0.4 is 10.5 Å². The van der Waals surface area contributed by atoms with Crippen molar-refractivity contribution in [3.63, 3.8) is 0 Å². The molecular formula is C8H10BrNO3S. The molecule has 0 radical (unpaired) electrons. The molecule has 0 amide bonds. The van der Waals surface area contributed by atoms with Crippen LogP contribution in [-0.2, 0) is 4.79 Å². The molecule has 1 aromatic rings. The number of ether oxygens (including phenoxy) is 1. The van der Waals surface area contributed by atoms with Gasteiger partial charge in [-0.2, -0.15) is 0 Å². The van der Waals surface area contributed by atoms with Gasteiger partial charge >= 0.3 is 5.97 Å². The number of hydrogen-bond donors (Lipinski definition) is 2. The number of methoxy groups -OCH3 is 1. The van der Waals surface area contributed by atoms with Crippen LogP contribution in [0.5, 0.6) is 5.06 Å². The van der Waals surface area contributed by atoms with E-state index < -0.39 is 11.9 Å². The molecule has 1 aromatic heterocycles. The second kappa shape index (κ2) is 4.77. The maximum Gasteiger partial charge on any atom is 0.313 e. The number of hydrogen-bond acceptors (Lipinski definition) is 4. The van der Waals surface area contributed by atoms with Crippen molar-refractivity contribution < 1.29 is 14.6 Å². The third-order valence-electron chi connectivity index (χ3n) is 1.74. The minimum absolute atomic E-state index is 0.0887. The fraction of sp³-hybridized carbons (Fsp3) is 0.375. The Labute approximate surface area is 93.8 Å². The number of carboxylic acid groups (broad SMARTS) is 1. The number of thiophene rings is 1. The molecule has 0 saturated heterocycles. The lowest BCUT2D eigenvalue weighted by molar-refractivity contribution is -0.138. The molecule has 14 heavy (non-hydrogen) atoms. The summed E-state index contributed by atoms with van der Waals surface area (Å²) < 4.78 is 5.80. The van der Waals surface area contributed by atoms with Crippen molar-refractivity contribution in [2.75, 3.05) is 13.7 Å². The third kappa shape index (κ3) is 2.26. The normalized spacial score (nSPS) is 12.5. The first-order valence-corrected chi connectivity index (χ1v) is 5.47. The molecule has 1 heterocycles. The van der Waals surface area contributed by atoms with E-state index in [9.17, 15) is 4.79 Å². The van der Waals surface area contributed by atoms with Gasteiger partial charge in [0.2, 0.25) is 0 Å². The molecule has 0 bridgehead atoms. The molecule has 0 aliphatic rings. The molecule has 1 unspecified atom stereocenters. The van der Waals surface area contributed by atoms with Crippen molar-refractivity contribution in [2.45, 2.75) is 5.92 Å². The van der Waals surface area contributed by atoms with Crippen molar-refractivity contribution >= 4 is 33.2 Å². The minimum atomic E-state index is -0.913. The van der Waals surface area contributed by atoms with Crippen molar-refractivity contribution in [2.24, 2.45) is 5.73 Å². The summed E-state index contributed by atoms with van der Waals surface area (Å²) in [7, 11) is 1.54. The Kier molecular flexibility index (Phi) is 3.91. The van der Waals surface area contributed by atoms with Crippen LogP contribution in [0.1, 0.15) is 10.8 Å². The van der Waals surface area contributed by atoms with Gasteiger partial charge in [-0.1, -0.05) is 0 Å². The van der Waals surface area contributed by atoms with Crippen LogP contribution in [-0.4, -0.2) is 24.7 Å². The number of halogens is 1. The lowest BCUT2D eigenvalue weighted by Crippen LogP contribution is -2.19. The van der Waals surface area contributed by atoms with Crippen LogP contribution in [0, 0.1) is 0 Å². The van der Waals surface area contributed by atoms with Gasteiger partial charge in [-0.05, 0) is 22.0 Å². The fourth-order valence-electron chi connectivity index (χ4n) is 1.02. The maximum absolute atomic E-state index is 10.8. The average molecular weight is 280 g/mol. The van der Waals surface area contributed by atoms with Crippen LogP contribution in [0.3, 0.4) is 0 Å². The highest BCUT2D eigenvalue weighted by molar-refractivity contribution is 9.10. The second-order valence-corrected chi connectivity index (χ2v) is 4.52. The Morgan fingerprint density at radius 3 is 2.86 bits per heavy atom. The molecule has 0 spiro atoms. The predicted octanol–water partition coefficient (Wildman–Crippen LogP) is 1.65. The molecule has 78 valence electrons. The van der Waals surface area contributed by atoms with E-state index in [0.29, 0.717) is 9.94 Å². The molecule has 0 fully saturated rings. The number of rotatable bonds is 4. The topological polar surface area (TPSA) is 72.5 Å². The summed E-state index contributed by atoms with van der Waals surface area (Å²) in [6.07, 6.45) is 0. The standard InChI is InChI=1S/C8H10BrNO3S/c1-13-8-5(9)2-6(14-8)4(3-10)7(11)12/h2,4H,3,10H2,1H3,(H,11,12). The van der Waals surface area contributed by atoms with Crippen LogP contribution in [0.2, 0.25) is 0 Å². The molecule has 1 atom stereocenters. The van der Waals surface area contributed by atoms with E-state index in [-0.39, 0.29) is 6.54 Å². The van der Waals surface area contributed by atoms with Gasteiger partial charge in [0.1, 0.15) is 5.92 Å². The lowest BCUT2D eigenvalue weighted by atomic mass is 10.1. The zero-order valence-corrected chi connectivity index (χ0v) is 9.89. The van der Waals surface area contributed by atoms with Crippen LogP contribution in [0.4, 0.5) is 0 Å². The first kappa shape index (κ1) is 11.5. The van der Waals surface area contributed by atoms with Crippen molar-refractivity contribution in [3.05, 3.63) is 15.4 Å². The highest BCUT2D eigenvalue weighted by Crippen LogP contribution is 2.37. The largest absolute Gasteiger partial charge is 0.486 e. The first-order valence-electron chi connectivity index (χ1n) is 3.86. The van der Waals surface area contributed by atoms with Gasteiger partial charge < -0.3 is 15.6 Å². The van der Waals surface area contributed by atoms with E-state index in [1.807, 2.05) is 0 Å². The summed E-state index contributed by atoms with van der Waals surface area (Å²) in [4.78, 5) is 11.5. The highest BCUT2D eigenvalue weighted by atomic mass is 79.9. The summed E-state index contributed by atoms with van der Waals surface area (Å²) in [5.74, 6) is -1.57. The number of nitrogens with two attached hydrogens (primary N) is 1. The van der Waals surface area contributed by atoms with Gasteiger partial charge in [0, 0.05) is 11.4 Å². The average Bonchev–Trinajstić information content (AvgIpc) is 2.47. The summed E-state index contributed by atoms with van der Waals surface area (Å²) in [5, 5.41) is 9.54. The number of carbonyl (C=O) groups is 1. The van der Waals surface area contributed by atoms with E-state index in [4.69, 9.17) is 15.6 Å². The monoisotopic (exact) mass is 279 g/mol. The van der Waals surface area contributed by atoms with Crippen molar-refractivity contribution in [1.82, 2.24) is 0 Å². The van der Waals surface area contributed by atoms with E-state index in [1.54, 1.807) is 13.2 Å². The SMILES string of the molecule is COc1sc(C(CN)C(=O)O)cc1Br. The van der Waals surface area contributed by atoms with Gasteiger partial charge in [0.15, 0.2) is 5.06 Å². The van der Waals surface area contributed by atoms with Gasteiger partial charge in [0.25, 0.3) is 0 Å². The molecule has 4 nitrogen and oxygen atoms in total.